The zero-order chi connectivity index (χ0) is 11.7. The molecule has 0 bridgehead atoms. The van der Waals surface area contributed by atoms with Crippen LogP contribution in [0.2, 0.25) is 0 Å². The van der Waals surface area contributed by atoms with Crippen LogP contribution in [0.3, 0.4) is 0 Å². The van der Waals surface area contributed by atoms with Crippen molar-refractivity contribution in [2.24, 2.45) is 5.92 Å². The van der Waals surface area contributed by atoms with E-state index in [1.165, 1.54) is 11.3 Å². The number of nitrogens with one attached hydrogen (secondary N) is 1. The fourth-order valence-corrected chi connectivity index (χ4v) is 2.31. The van der Waals surface area contributed by atoms with E-state index in [9.17, 15) is 4.79 Å². The van der Waals surface area contributed by atoms with E-state index < -0.39 is 0 Å². The number of fused-ring (bicyclic) bond motifs is 1. The summed E-state index contributed by atoms with van der Waals surface area (Å²) in [5.74, 6) is 0.409. The second-order valence-electron chi connectivity index (χ2n) is 4.21. The van der Waals surface area contributed by atoms with Gasteiger partial charge in [0.25, 0.3) is 5.91 Å². The predicted molar refractivity (Wildman–Crippen MR) is 65.0 cm³/mol. The predicted octanol–water partition coefficient (Wildman–Crippen LogP) is 2.09. The highest BCUT2D eigenvalue weighted by Crippen LogP contribution is 2.16. The van der Waals surface area contributed by atoms with Crippen molar-refractivity contribution in [3.05, 3.63) is 23.0 Å². The summed E-state index contributed by atoms with van der Waals surface area (Å²) in [6, 6.07) is 0. The van der Waals surface area contributed by atoms with Crippen LogP contribution < -0.4 is 5.32 Å². The molecule has 86 valence electrons. The molecule has 2 aromatic heterocycles. The first-order valence-electron chi connectivity index (χ1n) is 5.30. The number of carbonyl (C=O) groups is 1. The maximum Gasteiger partial charge on any atom is 0.270 e. The molecule has 1 amide bonds. The second-order valence-corrected chi connectivity index (χ2v) is 5.08. The molecule has 2 aromatic rings. The zero-order valence-corrected chi connectivity index (χ0v) is 10.5. The van der Waals surface area contributed by atoms with Gasteiger partial charge in [-0.3, -0.25) is 9.20 Å². The second kappa shape index (κ2) is 4.25. The van der Waals surface area contributed by atoms with Crippen LogP contribution in [0.4, 0.5) is 0 Å². The molecule has 0 aliphatic carbocycles. The molecule has 0 unspecified atom stereocenters. The Balaban J connectivity index is 2.27. The number of hydrogen-bond acceptors (Lipinski definition) is 3. The highest BCUT2D eigenvalue weighted by Gasteiger charge is 2.16. The summed E-state index contributed by atoms with van der Waals surface area (Å²) in [7, 11) is 0. The molecule has 4 nitrogen and oxygen atoms in total. The summed E-state index contributed by atoms with van der Waals surface area (Å²) >= 11 is 1.54. The number of nitrogens with zero attached hydrogens (tertiary/aromatic N) is 2. The van der Waals surface area contributed by atoms with Crippen LogP contribution in [0.15, 0.2) is 11.6 Å². The number of aromatic nitrogens is 2. The molecule has 0 aliphatic rings. The number of imidazole rings is 1. The summed E-state index contributed by atoms with van der Waals surface area (Å²) in [6.45, 7) is 6.70. The Bertz CT molecular complexity index is 512. The van der Waals surface area contributed by atoms with Crippen molar-refractivity contribution in [2.45, 2.75) is 20.8 Å². The first-order chi connectivity index (χ1) is 7.59. The third-order valence-electron chi connectivity index (χ3n) is 2.32. The lowest BCUT2D eigenvalue weighted by Gasteiger charge is -2.07. The average Bonchev–Trinajstić information content (AvgIpc) is 2.73. The van der Waals surface area contributed by atoms with E-state index in [4.69, 9.17) is 0 Å². The molecule has 2 rings (SSSR count). The maximum absolute atomic E-state index is 12.0. The SMILES string of the molecule is Cc1nc2sccn2c1C(=O)NCC(C)C. The van der Waals surface area contributed by atoms with Gasteiger partial charge in [0.1, 0.15) is 5.69 Å². The summed E-state index contributed by atoms with van der Waals surface area (Å²) in [6.07, 6.45) is 1.88. The van der Waals surface area contributed by atoms with Gasteiger partial charge < -0.3 is 5.32 Å². The molecule has 0 radical (unpaired) electrons. The van der Waals surface area contributed by atoms with Crippen LogP contribution in [-0.4, -0.2) is 21.8 Å². The molecule has 0 aliphatic heterocycles. The minimum Gasteiger partial charge on any atom is -0.350 e. The van der Waals surface area contributed by atoms with Crippen LogP contribution >= 0.6 is 11.3 Å². The molecule has 0 atom stereocenters. The normalized spacial score (nSPS) is 11.2. The molecule has 0 spiro atoms. The van der Waals surface area contributed by atoms with Gasteiger partial charge in [-0.15, -0.1) is 11.3 Å². The number of thiazole rings is 1. The average molecular weight is 237 g/mol. The summed E-state index contributed by atoms with van der Waals surface area (Å²) < 4.78 is 1.84. The lowest BCUT2D eigenvalue weighted by molar-refractivity contribution is 0.0942. The number of rotatable bonds is 3. The lowest BCUT2D eigenvalue weighted by atomic mass is 10.2. The Labute approximate surface area is 98.3 Å². The molecule has 0 saturated carbocycles. The Kier molecular flexibility index (Phi) is 2.96. The molecular weight excluding hydrogens is 222 g/mol. The highest BCUT2D eigenvalue weighted by molar-refractivity contribution is 7.15. The Morgan fingerprint density at radius 2 is 2.38 bits per heavy atom. The molecule has 1 N–H and O–H groups in total. The quantitative estimate of drug-likeness (QED) is 0.888. The Morgan fingerprint density at radius 1 is 1.62 bits per heavy atom. The number of hydrogen-bond donors (Lipinski definition) is 1. The highest BCUT2D eigenvalue weighted by atomic mass is 32.1. The van der Waals surface area contributed by atoms with Gasteiger partial charge in [0, 0.05) is 18.1 Å². The van der Waals surface area contributed by atoms with Gasteiger partial charge in [0.15, 0.2) is 4.96 Å². The fourth-order valence-electron chi connectivity index (χ4n) is 1.55. The minimum absolute atomic E-state index is 0.0444. The van der Waals surface area contributed by atoms with Crippen molar-refractivity contribution in [1.29, 1.82) is 0 Å². The number of carbonyl (C=O) groups excluding carboxylic acids is 1. The van der Waals surface area contributed by atoms with E-state index in [0.29, 0.717) is 18.2 Å². The van der Waals surface area contributed by atoms with Gasteiger partial charge in [0.2, 0.25) is 0 Å². The van der Waals surface area contributed by atoms with Crippen molar-refractivity contribution in [2.75, 3.05) is 6.54 Å². The molecule has 2 heterocycles. The first-order valence-corrected chi connectivity index (χ1v) is 6.18. The largest absolute Gasteiger partial charge is 0.350 e. The monoisotopic (exact) mass is 237 g/mol. The van der Waals surface area contributed by atoms with Crippen molar-refractivity contribution in [3.8, 4) is 0 Å². The van der Waals surface area contributed by atoms with Gasteiger partial charge in [0.05, 0.1) is 5.69 Å². The van der Waals surface area contributed by atoms with Crippen molar-refractivity contribution in [3.63, 3.8) is 0 Å². The van der Waals surface area contributed by atoms with Crippen LogP contribution in [-0.2, 0) is 0 Å². The molecule has 5 heteroatoms. The third-order valence-corrected chi connectivity index (χ3v) is 3.08. The van der Waals surface area contributed by atoms with Crippen molar-refractivity contribution < 1.29 is 4.79 Å². The molecular formula is C11H15N3OS. The van der Waals surface area contributed by atoms with Gasteiger partial charge in [-0.05, 0) is 12.8 Å². The minimum atomic E-state index is -0.0444. The van der Waals surface area contributed by atoms with Crippen molar-refractivity contribution in [1.82, 2.24) is 14.7 Å². The molecule has 0 fully saturated rings. The fraction of sp³-hybridized carbons (Fsp3) is 0.455. The standard InChI is InChI=1S/C11H15N3OS/c1-7(2)6-12-10(15)9-8(3)13-11-14(9)4-5-16-11/h4-5,7H,6H2,1-3H3,(H,12,15). The van der Waals surface area contributed by atoms with E-state index in [2.05, 4.69) is 24.1 Å². The van der Waals surface area contributed by atoms with Gasteiger partial charge >= 0.3 is 0 Å². The Morgan fingerprint density at radius 3 is 3.06 bits per heavy atom. The van der Waals surface area contributed by atoms with E-state index in [1.54, 1.807) is 0 Å². The molecule has 16 heavy (non-hydrogen) atoms. The van der Waals surface area contributed by atoms with Crippen molar-refractivity contribution >= 4 is 22.2 Å². The third kappa shape index (κ3) is 1.95. The zero-order valence-electron chi connectivity index (χ0n) is 9.65. The maximum atomic E-state index is 12.0. The molecule has 0 aromatic carbocycles. The topological polar surface area (TPSA) is 46.4 Å². The number of amides is 1. The van der Waals surface area contributed by atoms with E-state index >= 15 is 0 Å². The Hall–Kier alpha value is -1.36. The van der Waals surface area contributed by atoms with Gasteiger partial charge in [-0.1, -0.05) is 13.8 Å². The van der Waals surface area contributed by atoms with E-state index in [-0.39, 0.29) is 5.91 Å². The van der Waals surface area contributed by atoms with E-state index in [1.807, 2.05) is 22.9 Å². The van der Waals surface area contributed by atoms with Crippen LogP contribution in [0, 0.1) is 12.8 Å². The summed E-state index contributed by atoms with van der Waals surface area (Å²) in [5, 5.41) is 4.84. The molecule has 0 saturated heterocycles. The summed E-state index contributed by atoms with van der Waals surface area (Å²) in [5.41, 5.74) is 1.44. The van der Waals surface area contributed by atoms with Gasteiger partial charge in [-0.2, -0.15) is 0 Å². The first kappa shape index (κ1) is 11.1. The number of aryl methyl sites for hydroxylation is 1. The van der Waals surface area contributed by atoms with Crippen LogP contribution in [0.5, 0.6) is 0 Å². The summed E-state index contributed by atoms with van der Waals surface area (Å²) in [4.78, 5) is 17.2. The van der Waals surface area contributed by atoms with Gasteiger partial charge in [-0.25, -0.2) is 4.98 Å². The smallest absolute Gasteiger partial charge is 0.270 e. The van der Waals surface area contributed by atoms with E-state index in [0.717, 1.165) is 10.7 Å². The van der Waals surface area contributed by atoms with Crippen LogP contribution in [0.1, 0.15) is 30.0 Å². The van der Waals surface area contributed by atoms with Crippen LogP contribution in [0.25, 0.3) is 4.96 Å². The lowest BCUT2D eigenvalue weighted by Crippen LogP contribution is -2.28.